The van der Waals surface area contributed by atoms with Crippen molar-refractivity contribution in [2.75, 3.05) is 7.11 Å². The molecule has 1 aromatic carbocycles. The van der Waals surface area contributed by atoms with Crippen molar-refractivity contribution in [3.8, 4) is 5.75 Å². The topological polar surface area (TPSA) is 63.6 Å². The monoisotopic (exact) mass is 306 g/mol. The van der Waals surface area contributed by atoms with E-state index in [0.29, 0.717) is 17.7 Å². The Morgan fingerprint density at radius 2 is 1.95 bits per heavy atom. The van der Waals surface area contributed by atoms with Gasteiger partial charge in [0.2, 0.25) is 0 Å². The van der Waals surface area contributed by atoms with E-state index in [9.17, 15) is 9.59 Å². The van der Waals surface area contributed by atoms with Crippen LogP contribution >= 0.6 is 0 Å². The minimum atomic E-state index is -0.821. The molecular weight excluding hydrogens is 280 g/mol. The molecule has 0 spiro atoms. The predicted octanol–water partition coefficient (Wildman–Crippen LogP) is 4.43. The fourth-order valence-corrected chi connectivity index (χ4v) is 2.58. The van der Waals surface area contributed by atoms with Crippen LogP contribution in [0.15, 0.2) is 18.2 Å². The average molecular weight is 306 g/mol. The number of hydrogen-bond donors (Lipinski definition) is 1. The number of rotatable bonds is 10. The molecule has 4 nitrogen and oxygen atoms in total. The van der Waals surface area contributed by atoms with Gasteiger partial charge in [-0.2, -0.15) is 0 Å². The maximum absolute atomic E-state index is 12.4. The molecule has 1 unspecified atom stereocenters. The highest BCUT2D eigenvalue weighted by Gasteiger charge is 2.18. The lowest BCUT2D eigenvalue weighted by Gasteiger charge is -2.16. The van der Waals surface area contributed by atoms with E-state index in [0.717, 1.165) is 31.2 Å². The van der Waals surface area contributed by atoms with Gasteiger partial charge in [-0.15, -0.1) is 0 Å². The molecule has 22 heavy (non-hydrogen) atoms. The molecule has 0 fully saturated rings. The van der Waals surface area contributed by atoms with E-state index in [1.54, 1.807) is 13.2 Å². The van der Waals surface area contributed by atoms with Crippen LogP contribution in [0.1, 0.15) is 74.2 Å². The van der Waals surface area contributed by atoms with E-state index in [-0.39, 0.29) is 18.1 Å². The van der Waals surface area contributed by atoms with Crippen molar-refractivity contribution in [1.82, 2.24) is 0 Å². The summed E-state index contributed by atoms with van der Waals surface area (Å²) in [5, 5.41) is 9.01. The first-order valence-electron chi connectivity index (χ1n) is 7.96. The number of benzene rings is 1. The number of carboxylic acid groups (broad SMARTS) is 1. The number of carbonyl (C=O) groups excluding carboxylic acids is 1. The second-order valence-electron chi connectivity index (χ2n) is 5.54. The molecule has 4 heteroatoms. The van der Waals surface area contributed by atoms with Gasteiger partial charge >= 0.3 is 5.97 Å². The Morgan fingerprint density at radius 1 is 1.23 bits per heavy atom. The number of Topliss-reactive ketones (excluding diaryl/α,β-unsaturated/α-hetero) is 1. The van der Waals surface area contributed by atoms with Gasteiger partial charge < -0.3 is 9.84 Å². The lowest BCUT2D eigenvalue weighted by molar-refractivity contribution is -0.137. The summed E-state index contributed by atoms with van der Waals surface area (Å²) >= 11 is 0. The smallest absolute Gasteiger partial charge is 0.303 e. The molecule has 1 rings (SSSR count). The minimum Gasteiger partial charge on any atom is -0.496 e. The lowest BCUT2D eigenvalue weighted by Crippen LogP contribution is -2.08. The molecule has 0 saturated heterocycles. The summed E-state index contributed by atoms with van der Waals surface area (Å²) in [4.78, 5) is 23.4. The van der Waals surface area contributed by atoms with E-state index in [2.05, 4.69) is 6.92 Å². The minimum absolute atomic E-state index is 0.0670. The second kappa shape index (κ2) is 9.23. The summed E-state index contributed by atoms with van der Waals surface area (Å²) in [5.41, 5.74) is 1.46. The number of aliphatic carboxylic acids is 1. The first-order chi connectivity index (χ1) is 10.5. The standard InChI is InChI=1S/C18H26O4/c1-4-6-7-8-16(19)15-11-14(9-10-17(15)22-3)13(5-2)12-18(20)21/h9-11,13H,4-8,12H2,1-3H3,(H,20,21). The van der Waals surface area contributed by atoms with Gasteiger partial charge in [-0.25, -0.2) is 0 Å². The predicted molar refractivity (Wildman–Crippen MR) is 86.8 cm³/mol. The van der Waals surface area contributed by atoms with Gasteiger partial charge in [-0.05, 0) is 36.5 Å². The fourth-order valence-electron chi connectivity index (χ4n) is 2.58. The SMILES string of the molecule is CCCCCC(=O)c1cc(C(CC)CC(=O)O)ccc1OC. The third-order valence-corrected chi connectivity index (χ3v) is 3.92. The van der Waals surface area contributed by atoms with E-state index in [1.807, 2.05) is 19.1 Å². The van der Waals surface area contributed by atoms with Crippen LogP contribution in [-0.2, 0) is 4.79 Å². The van der Waals surface area contributed by atoms with E-state index < -0.39 is 5.97 Å². The summed E-state index contributed by atoms with van der Waals surface area (Å²) < 4.78 is 5.29. The maximum Gasteiger partial charge on any atom is 0.303 e. The zero-order valence-corrected chi connectivity index (χ0v) is 13.7. The number of ketones is 1. The van der Waals surface area contributed by atoms with Crippen LogP contribution in [0.4, 0.5) is 0 Å². The molecule has 0 aliphatic rings. The first-order valence-corrected chi connectivity index (χ1v) is 7.96. The summed E-state index contributed by atoms with van der Waals surface area (Å²) in [6.45, 7) is 4.06. The molecule has 0 aliphatic heterocycles. The van der Waals surface area contributed by atoms with Crippen LogP contribution in [0.2, 0.25) is 0 Å². The third-order valence-electron chi connectivity index (χ3n) is 3.92. The van der Waals surface area contributed by atoms with Gasteiger partial charge in [0.05, 0.1) is 19.1 Å². The molecule has 0 aromatic heterocycles. The van der Waals surface area contributed by atoms with Gasteiger partial charge in [0.1, 0.15) is 5.75 Å². The molecule has 0 radical (unpaired) electrons. The molecule has 1 N–H and O–H groups in total. The normalized spacial score (nSPS) is 12.0. The quantitative estimate of drug-likeness (QED) is 0.513. The summed E-state index contributed by atoms with van der Waals surface area (Å²) in [6, 6.07) is 5.44. The van der Waals surface area contributed by atoms with Crippen molar-refractivity contribution in [2.24, 2.45) is 0 Å². The van der Waals surface area contributed by atoms with Crippen molar-refractivity contribution >= 4 is 11.8 Å². The van der Waals surface area contributed by atoms with Crippen LogP contribution in [0, 0.1) is 0 Å². The van der Waals surface area contributed by atoms with E-state index in [1.165, 1.54) is 0 Å². The Hall–Kier alpha value is -1.84. The number of carbonyl (C=O) groups is 2. The Labute approximate surface area is 132 Å². The van der Waals surface area contributed by atoms with Crippen LogP contribution in [-0.4, -0.2) is 24.0 Å². The molecule has 122 valence electrons. The molecule has 1 atom stereocenters. The molecule has 0 heterocycles. The summed E-state index contributed by atoms with van der Waals surface area (Å²) in [7, 11) is 1.55. The number of unbranched alkanes of at least 4 members (excludes halogenated alkanes) is 2. The Morgan fingerprint density at radius 3 is 2.50 bits per heavy atom. The summed E-state index contributed by atoms with van der Waals surface area (Å²) in [5.74, 6) is -0.267. The van der Waals surface area contributed by atoms with Gasteiger partial charge in [0.15, 0.2) is 5.78 Å². The van der Waals surface area contributed by atoms with Crippen LogP contribution in [0.5, 0.6) is 5.75 Å². The number of carboxylic acids is 1. The van der Waals surface area contributed by atoms with E-state index >= 15 is 0 Å². The Balaban J connectivity index is 3.01. The van der Waals surface area contributed by atoms with Gasteiger partial charge in [0, 0.05) is 6.42 Å². The fraction of sp³-hybridized carbons (Fsp3) is 0.556. The van der Waals surface area contributed by atoms with Gasteiger partial charge in [-0.1, -0.05) is 32.8 Å². The largest absolute Gasteiger partial charge is 0.496 e. The zero-order valence-electron chi connectivity index (χ0n) is 13.7. The lowest BCUT2D eigenvalue weighted by atomic mass is 9.90. The van der Waals surface area contributed by atoms with Crippen LogP contribution in [0.25, 0.3) is 0 Å². The van der Waals surface area contributed by atoms with Crippen molar-refractivity contribution in [1.29, 1.82) is 0 Å². The third kappa shape index (κ3) is 5.17. The van der Waals surface area contributed by atoms with Crippen molar-refractivity contribution < 1.29 is 19.4 Å². The molecule has 0 aliphatic carbocycles. The van der Waals surface area contributed by atoms with Crippen molar-refractivity contribution in [3.63, 3.8) is 0 Å². The maximum atomic E-state index is 12.4. The highest BCUT2D eigenvalue weighted by molar-refractivity contribution is 5.98. The first kappa shape index (κ1) is 18.2. The van der Waals surface area contributed by atoms with Gasteiger partial charge in [0.25, 0.3) is 0 Å². The molecule has 0 saturated carbocycles. The molecule has 0 bridgehead atoms. The van der Waals surface area contributed by atoms with Crippen LogP contribution < -0.4 is 4.74 Å². The van der Waals surface area contributed by atoms with E-state index in [4.69, 9.17) is 9.84 Å². The van der Waals surface area contributed by atoms with Gasteiger partial charge in [-0.3, -0.25) is 9.59 Å². The molecular formula is C18H26O4. The Kier molecular flexibility index (Phi) is 7.64. The Bertz CT molecular complexity index is 508. The molecule has 1 aromatic rings. The summed E-state index contributed by atoms with van der Waals surface area (Å²) in [6.07, 6.45) is 4.28. The van der Waals surface area contributed by atoms with Crippen LogP contribution in [0.3, 0.4) is 0 Å². The number of hydrogen-bond acceptors (Lipinski definition) is 3. The number of ether oxygens (including phenoxy) is 1. The highest BCUT2D eigenvalue weighted by Crippen LogP contribution is 2.29. The highest BCUT2D eigenvalue weighted by atomic mass is 16.5. The average Bonchev–Trinajstić information content (AvgIpc) is 2.51. The number of methoxy groups -OCH3 is 1. The zero-order chi connectivity index (χ0) is 16.5. The second-order valence-corrected chi connectivity index (χ2v) is 5.54. The van der Waals surface area contributed by atoms with Crippen molar-refractivity contribution in [3.05, 3.63) is 29.3 Å². The van der Waals surface area contributed by atoms with Crippen molar-refractivity contribution in [2.45, 2.75) is 58.3 Å². The molecule has 0 amide bonds.